The third kappa shape index (κ3) is 3.70. The van der Waals surface area contributed by atoms with Crippen molar-refractivity contribution in [3.63, 3.8) is 0 Å². The summed E-state index contributed by atoms with van der Waals surface area (Å²) in [7, 11) is 1.70. The number of benzene rings is 1. The summed E-state index contributed by atoms with van der Waals surface area (Å²) in [5, 5.41) is 21.1. The van der Waals surface area contributed by atoms with Gasteiger partial charge in [-0.1, -0.05) is 18.2 Å². The molecule has 0 saturated carbocycles. The minimum absolute atomic E-state index is 0.281. The monoisotopic (exact) mass is 484 g/mol. The smallest absolute Gasteiger partial charge is 0.258 e. The SMILES string of the molecule is CN1CC[C@@](O)(c2cccc(-c3csc(-c4ccnc(Nc5cnn6cccnc56)n4)n3)c2)C1=O. The maximum atomic E-state index is 12.5. The molecule has 6 rings (SSSR count). The molecule has 1 atom stereocenters. The molecule has 10 nitrogen and oxygen atoms in total. The fourth-order valence-corrected chi connectivity index (χ4v) is 4.95. The van der Waals surface area contributed by atoms with E-state index in [2.05, 4.69) is 25.4 Å². The van der Waals surface area contributed by atoms with Crippen molar-refractivity contribution in [1.29, 1.82) is 0 Å². The highest BCUT2D eigenvalue weighted by molar-refractivity contribution is 7.13. The van der Waals surface area contributed by atoms with E-state index in [1.807, 2.05) is 29.8 Å². The number of rotatable bonds is 5. The first-order valence-corrected chi connectivity index (χ1v) is 11.8. The average Bonchev–Trinajstić information content (AvgIpc) is 3.61. The summed E-state index contributed by atoms with van der Waals surface area (Å²) >= 11 is 1.46. The quantitative estimate of drug-likeness (QED) is 0.390. The third-order valence-corrected chi connectivity index (χ3v) is 6.91. The standard InChI is InChI=1S/C24H20N8O2S/c1-31-11-7-24(34,22(31)33)16-5-2-4-15(12-16)19-14-35-21(28-19)17-6-9-26-23(29-17)30-18-13-27-32-10-3-8-25-20(18)32/h2-6,8-10,12-14,34H,7,11H2,1H3,(H,26,29,30)/t24-/m1/s1. The number of hydrogen-bond acceptors (Lipinski definition) is 9. The Morgan fingerprint density at radius 3 is 2.89 bits per heavy atom. The lowest BCUT2D eigenvalue weighted by Crippen LogP contribution is -2.36. The molecule has 0 bridgehead atoms. The van der Waals surface area contributed by atoms with Gasteiger partial charge in [0.1, 0.15) is 16.4 Å². The number of aromatic nitrogens is 6. The van der Waals surface area contributed by atoms with Gasteiger partial charge in [-0.25, -0.2) is 24.5 Å². The molecule has 0 aliphatic carbocycles. The van der Waals surface area contributed by atoms with E-state index >= 15 is 0 Å². The molecule has 35 heavy (non-hydrogen) atoms. The van der Waals surface area contributed by atoms with Crippen molar-refractivity contribution in [3.05, 3.63) is 72.1 Å². The Labute approximate surface area is 204 Å². The molecule has 1 aromatic carbocycles. The van der Waals surface area contributed by atoms with E-state index in [1.54, 1.807) is 53.3 Å². The second-order valence-electron chi connectivity index (χ2n) is 8.29. The van der Waals surface area contributed by atoms with E-state index in [0.717, 1.165) is 16.3 Å². The van der Waals surface area contributed by atoms with Gasteiger partial charge >= 0.3 is 0 Å². The zero-order chi connectivity index (χ0) is 24.0. The topological polar surface area (TPSA) is 121 Å². The maximum Gasteiger partial charge on any atom is 0.258 e. The summed E-state index contributed by atoms with van der Waals surface area (Å²) in [6, 6.07) is 11.0. The molecule has 2 N–H and O–H groups in total. The maximum absolute atomic E-state index is 12.5. The minimum Gasteiger partial charge on any atom is -0.375 e. The van der Waals surface area contributed by atoms with Gasteiger partial charge in [-0.15, -0.1) is 11.3 Å². The van der Waals surface area contributed by atoms with Crippen LogP contribution >= 0.6 is 11.3 Å². The second kappa shape index (κ2) is 8.22. The summed E-state index contributed by atoms with van der Waals surface area (Å²) in [5.41, 5.74) is 2.69. The van der Waals surface area contributed by atoms with Crippen LogP contribution in [0.3, 0.4) is 0 Å². The Balaban J connectivity index is 1.27. The number of nitrogens with one attached hydrogen (secondary N) is 1. The Morgan fingerprint density at radius 2 is 2.03 bits per heavy atom. The molecule has 174 valence electrons. The molecule has 0 unspecified atom stereocenters. The first-order chi connectivity index (χ1) is 17.0. The number of thiazole rings is 1. The largest absolute Gasteiger partial charge is 0.375 e. The van der Waals surface area contributed by atoms with E-state index in [4.69, 9.17) is 4.98 Å². The van der Waals surface area contributed by atoms with E-state index in [9.17, 15) is 9.90 Å². The van der Waals surface area contributed by atoms with Crippen molar-refractivity contribution in [1.82, 2.24) is 34.4 Å². The van der Waals surface area contributed by atoms with Crippen LogP contribution in [0.1, 0.15) is 12.0 Å². The number of nitrogens with zero attached hydrogens (tertiary/aromatic N) is 7. The van der Waals surface area contributed by atoms with E-state index in [0.29, 0.717) is 41.5 Å². The number of likely N-dealkylation sites (N-methyl/N-ethyl adjacent to an activating group) is 1. The lowest BCUT2D eigenvalue weighted by atomic mass is 9.90. The van der Waals surface area contributed by atoms with Crippen LogP contribution in [0.25, 0.3) is 27.6 Å². The van der Waals surface area contributed by atoms with Crippen LogP contribution in [0.4, 0.5) is 11.6 Å². The molecule has 5 aromatic rings. The molecule has 5 heterocycles. The van der Waals surface area contributed by atoms with Crippen LogP contribution in [-0.4, -0.2) is 59.1 Å². The summed E-state index contributed by atoms with van der Waals surface area (Å²) in [5.74, 6) is 0.129. The fraction of sp³-hybridized carbons (Fsp3) is 0.167. The Morgan fingerprint density at radius 1 is 1.11 bits per heavy atom. The first-order valence-electron chi connectivity index (χ1n) is 10.9. The van der Waals surface area contributed by atoms with Gasteiger partial charge in [0.05, 0.1) is 11.9 Å². The van der Waals surface area contributed by atoms with Crippen molar-refractivity contribution in [2.24, 2.45) is 0 Å². The molecule has 0 radical (unpaired) electrons. The number of fused-ring (bicyclic) bond motifs is 1. The Bertz CT molecular complexity index is 1560. The third-order valence-electron chi connectivity index (χ3n) is 6.05. The van der Waals surface area contributed by atoms with Crippen LogP contribution in [-0.2, 0) is 10.4 Å². The molecule has 1 aliphatic rings. The number of anilines is 2. The van der Waals surface area contributed by atoms with E-state index in [-0.39, 0.29) is 5.91 Å². The number of carbonyl (C=O) groups excluding carboxylic acids is 1. The Hall–Kier alpha value is -4.22. The molecular formula is C24H20N8O2S. The van der Waals surface area contributed by atoms with Gasteiger partial charge < -0.3 is 15.3 Å². The highest BCUT2D eigenvalue weighted by Gasteiger charge is 2.45. The van der Waals surface area contributed by atoms with Gasteiger partial charge in [0.25, 0.3) is 5.91 Å². The van der Waals surface area contributed by atoms with Gasteiger partial charge in [0.15, 0.2) is 11.2 Å². The number of amides is 1. The van der Waals surface area contributed by atoms with Crippen molar-refractivity contribution in [3.8, 4) is 22.0 Å². The zero-order valence-corrected chi connectivity index (χ0v) is 19.5. The van der Waals surface area contributed by atoms with Gasteiger partial charge in [0.2, 0.25) is 5.95 Å². The summed E-state index contributed by atoms with van der Waals surface area (Å²) in [6.45, 7) is 0.524. The van der Waals surface area contributed by atoms with Crippen molar-refractivity contribution >= 4 is 34.5 Å². The van der Waals surface area contributed by atoms with Crippen LogP contribution < -0.4 is 5.32 Å². The molecule has 1 fully saturated rings. The predicted octanol–water partition coefficient (Wildman–Crippen LogP) is 3.10. The van der Waals surface area contributed by atoms with Crippen LogP contribution in [0.5, 0.6) is 0 Å². The molecule has 4 aromatic heterocycles. The van der Waals surface area contributed by atoms with Crippen molar-refractivity contribution in [2.75, 3.05) is 18.9 Å². The predicted molar refractivity (Wildman–Crippen MR) is 131 cm³/mol. The van der Waals surface area contributed by atoms with Crippen LogP contribution in [0, 0.1) is 0 Å². The van der Waals surface area contributed by atoms with Crippen LogP contribution in [0.2, 0.25) is 0 Å². The fourth-order valence-electron chi connectivity index (χ4n) is 4.16. The Kier molecular flexibility index (Phi) is 5.01. The number of likely N-dealkylation sites (tertiary alicyclic amines) is 1. The summed E-state index contributed by atoms with van der Waals surface area (Å²) in [6.07, 6.45) is 7.23. The lowest BCUT2D eigenvalue weighted by Gasteiger charge is -2.21. The van der Waals surface area contributed by atoms with Crippen LogP contribution in [0.15, 0.2) is 66.6 Å². The summed E-state index contributed by atoms with van der Waals surface area (Å²) in [4.78, 5) is 32.1. The van der Waals surface area contributed by atoms with Gasteiger partial charge in [-0.2, -0.15) is 5.10 Å². The highest BCUT2D eigenvalue weighted by atomic mass is 32.1. The molecular weight excluding hydrogens is 464 g/mol. The molecule has 0 spiro atoms. The second-order valence-corrected chi connectivity index (χ2v) is 9.15. The molecule has 1 aliphatic heterocycles. The summed E-state index contributed by atoms with van der Waals surface area (Å²) < 4.78 is 1.67. The van der Waals surface area contributed by atoms with Gasteiger partial charge in [-0.05, 0) is 23.8 Å². The van der Waals surface area contributed by atoms with E-state index in [1.165, 1.54) is 11.3 Å². The van der Waals surface area contributed by atoms with Gasteiger partial charge in [-0.3, -0.25) is 4.79 Å². The lowest BCUT2D eigenvalue weighted by molar-refractivity contribution is -0.143. The van der Waals surface area contributed by atoms with E-state index < -0.39 is 5.60 Å². The number of hydrogen-bond donors (Lipinski definition) is 2. The molecule has 11 heteroatoms. The number of aliphatic hydroxyl groups is 1. The van der Waals surface area contributed by atoms with Gasteiger partial charge in [0, 0.05) is 49.5 Å². The van der Waals surface area contributed by atoms with Crippen molar-refractivity contribution < 1.29 is 9.90 Å². The normalized spacial score (nSPS) is 17.9. The highest BCUT2D eigenvalue weighted by Crippen LogP contribution is 2.35. The molecule has 1 saturated heterocycles. The molecule has 1 amide bonds. The number of carbonyl (C=O) groups is 1. The van der Waals surface area contributed by atoms with Crippen molar-refractivity contribution in [2.45, 2.75) is 12.0 Å². The zero-order valence-electron chi connectivity index (χ0n) is 18.7. The first kappa shape index (κ1) is 21.3. The minimum atomic E-state index is -1.50. The average molecular weight is 485 g/mol.